The largest absolute Gasteiger partial charge is 0.393 e. The number of nitrogens with one attached hydrogen (secondary N) is 1. The minimum atomic E-state index is -0.716. The number of carbonyl (C=O) groups excluding carboxylic acids is 2. The molecule has 2 N–H and O–H groups in total. The molecule has 0 saturated carbocycles. The second kappa shape index (κ2) is 6.16. The molecule has 2 rings (SSSR count). The number of nitrogens with zero attached hydrogens (tertiary/aromatic N) is 2. The number of amides is 2. The molecule has 2 fully saturated rings. The predicted octanol–water partition coefficient (Wildman–Crippen LogP) is 0.0606. The van der Waals surface area contributed by atoms with E-state index in [2.05, 4.69) is 31.0 Å². The third-order valence-electron chi connectivity index (χ3n) is 4.99. The van der Waals surface area contributed by atoms with E-state index in [0.29, 0.717) is 0 Å². The van der Waals surface area contributed by atoms with Crippen LogP contribution in [0.15, 0.2) is 0 Å². The van der Waals surface area contributed by atoms with Gasteiger partial charge in [0.25, 0.3) is 0 Å². The van der Waals surface area contributed by atoms with Crippen LogP contribution < -0.4 is 5.32 Å². The zero-order valence-corrected chi connectivity index (χ0v) is 14.3. The van der Waals surface area contributed by atoms with Crippen LogP contribution in [0, 0.1) is 11.8 Å². The Morgan fingerprint density at radius 2 is 1.77 bits per heavy atom. The van der Waals surface area contributed by atoms with Gasteiger partial charge in [0.05, 0.1) is 24.0 Å². The maximum atomic E-state index is 12.6. The minimum absolute atomic E-state index is 0.0733. The highest BCUT2D eigenvalue weighted by atomic mass is 16.3. The topological polar surface area (TPSA) is 72.9 Å². The molecule has 126 valence electrons. The molecule has 0 radical (unpaired) electrons. The Labute approximate surface area is 132 Å². The molecule has 2 aliphatic rings. The molecule has 0 aliphatic carbocycles. The highest BCUT2D eigenvalue weighted by Crippen LogP contribution is 2.27. The maximum absolute atomic E-state index is 12.6. The summed E-state index contributed by atoms with van der Waals surface area (Å²) in [5.41, 5.74) is 0.125. The van der Waals surface area contributed by atoms with Crippen LogP contribution in [0.1, 0.15) is 34.6 Å². The lowest BCUT2D eigenvalue weighted by atomic mass is 9.78. The molecule has 2 heterocycles. The summed E-state index contributed by atoms with van der Waals surface area (Å²) >= 11 is 0. The lowest BCUT2D eigenvalue weighted by Gasteiger charge is -2.45. The van der Waals surface area contributed by atoms with Crippen molar-refractivity contribution in [3.8, 4) is 0 Å². The van der Waals surface area contributed by atoms with E-state index >= 15 is 0 Å². The van der Waals surface area contributed by atoms with Crippen LogP contribution in [0.5, 0.6) is 0 Å². The van der Waals surface area contributed by atoms with Gasteiger partial charge in [0, 0.05) is 31.7 Å². The molecule has 0 spiro atoms. The van der Waals surface area contributed by atoms with Crippen LogP contribution in [0.25, 0.3) is 0 Å². The summed E-state index contributed by atoms with van der Waals surface area (Å²) in [5, 5.41) is 12.5. The monoisotopic (exact) mass is 311 g/mol. The SMILES string of the molecule is CC(C(=O)N1CCN(C(C)(C)C)CC1)[C@H]1NC(=O)[C@@H]1[C@@H](C)O. The molecule has 0 aromatic heterocycles. The van der Waals surface area contributed by atoms with Gasteiger partial charge >= 0.3 is 0 Å². The zero-order chi connectivity index (χ0) is 16.7. The van der Waals surface area contributed by atoms with Crippen LogP contribution in [0.3, 0.4) is 0 Å². The van der Waals surface area contributed by atoms with E-state index in [-0.39, 0.29) is 29.3 Å². The van der Waals surface area contributed by atoms with Gasteiger partial charge in [-0.1, -0.05) is 6.92 Å². The van der Waals surface area contributed by atoms with E-state index in [1.165, 1.54) is 0 Å². The van der Waals surface area contributed by atoms with Gasteiger partial charge in [-0.25, -0.2) is 0 Å². The fourth-order valence-electron chi connectivity index (χ4n) is 3.41. The van der Waals surface area contributed by atoms with Gasteiger partial charge < -0.3 is 15.3 Å². The number of rotatable bonds is 3. The lowest BCUT2D eigenvalue weighted by Crippen LogP contribution is -2.67. The number of β-lactam (4-membered cyclic amide) rings is 1. The summed E-state index contributed by atoms with van der Waals surface area (Å²) < 4.78 is 0. The first-order valence-electron chi connectivity index (χ1n) is 8.15. The molecular weight excluding hydrogens is 282 g/mol. The quantitative estimate of drug-likeness (QED) is 0.723. The number of carbonyl (C=O) groups is 2. The van der Waals surface area contributed by atoms with Crippen molar-refractivity contribution >= 4 is 11.8 Å². The third-order valence-corrected chi connectivity index (χ3v) is 4.99. The molecule has 22 heavy (non-hydrogen) atoms. The van der Waals surface area contributed by atoms with Crippen molar-refractivity contribution in [1.29, 1.82) is 0 Å². The first-order chi connectivity index (χ1) is 10.1. The minimum Gasteiger partial charge on any atom is -0.393 e. The fraction of sp³-hybridized carbons (Fsp3) is 0.875. The maximum Gasteiger partial charge on any atom is 0.228 e. The second-order valence-electron chi connectivity index (χ2n) is 7.57. The summed E-state index contributed by atoms with van der Waals surface area (Å²) in [4.78, 5) is 28.4. The third kappa shape index (κ3) is 3.27. The van der Waals surface area contributed by atoms with Crippen LogP contribution in [-0.2, 0) is 9.59 Å². The first kappa shape index (κ1) is 17.2. The van der Waals surface area contributed by atoms with Crippen LogP contribution >= 0.6 is 0 Å². The molecule has 2 aliphatic heterocycles. The molecule has 6 nitrogen and oxygen atoms in total. The van der Waals surface area contributed by atoms with Crippen LogP contribution in [0.2, 0.25) is 0 Å². The van der Waals surface area contributed by atoms with Gasteiger partial charge in [-0.15, -0.1) is 0 Å². The first-order valence-corrected chi connectivity index (χ1v) is 8.15. The number of aliphatic hydroxyl groups excluding tert-OH is 1. The average Bonchev–Trinajstić information content (AvgIpc) is 2.41. The average molecular weight is 311 g/mol. The molecule has 0 aromatic carbocycles. The highest BCUT2D eigenvalue weighted by molar-refractivity contribution is 5.90. The van der Waals surface area contributed by atoms with Crippen molar-refractivity contribution < 1.29 is 14.7 Å². The van der Waals surface area contributed by atoms with E-state index < -0.39 is 12.0 Å². The van der Waals surface area contributed by atoms with Crippen molar-refractivity contribution in [2.75, 3.05) is 26.2 Å². The number of hydrogen-bond acceptors (Lipinski definition) is 4. The van der Waals surface area contributed by atoms with Crippen molar-refractivity contribution in [2.24, 2.45) is 11.8 Å². The molecule has 2 amide bonds. The van der Waals surface area contributed by atoms with E-state index in [4.69, 9.17) is 0 Å². The standard InChI is InChI=1S/C16H29N3O3/c1-10(13-12(11(2)20)14(21)17-13)15(22)18-6-8-19(9-7-18)16(3,4)5/h10-13,20H,6-9H2,1-5H3,(H,17,21)/t10?,11-,12-,13-/m1/s1. The summed E-state index contributed by atoms with van der Waals surface area (Å²) in [7, 11) is 0. The Bertz CT molecular complexity index is 436. The number of piperazine rings is 1. The van der Waals surface area contributed by atoms with Gasteiger partial charge in [-0.3, -0.25) is 14.5 Å². The molecule has 4 atom stereocenters. The summed E-state index contributed by atoms with van der Waals surface area (Å²) in [5.74, 6) is -0.838. The molecule has 2 saturated heterocycles. The molecule has 0 bridgehead atoms. The normalized spacial score (nSPS) is 29.5. The predicted molar refractivity (Wildman–Crippen MR) is 84.2 cm³/mol. The zero-order valence-electron chi connectivity index (χ0n) is 14.3. The van der Waals surface area contributed by atoms with E-state index in [0.717, 1.165) is 26.2 Å². The van der Waals surface area contributed by atoms with Gasteiger partial charge in [0.2, 0.25) is 11.8 Å². The molecule has 1 unspecified atom stereocenters. The van der Waals surface area contributed by atoms with E-state index in [1.807, 2.05) is 11.8 Å². The van der Waals surface area contributed by atoms with Crippen LogP contribution in [-0.4, -0.2) is 70.6 Å². The molecule has 6 heteroatoms. The van der Waals surface area contributed by atoms with Crippen molar-refractivity contribution in [3.63, 3.8) is 0 Å². The Balaban J connectivity index is 1.91. The van der Waals surface area contributed by atoms with E-state index in [9.17, 15) is 14.7 Å². The van der Waals surface area contributed by atoms with Crippen molar-refractivity contribution in [2.45, 2.75) is 52.3 Å². The molecule has 0 aromatic rings. The summed E-state index contributed by atoms with van der Waals surface area (Å²) in [6.07, 6.45) is -0.716. The summed E-state index contributed by atoms with van der Waals surface area (Å²) in [6.45, 7) is 13.2. The number of aliphatic hydroxyl groups is 1. The smallest absolute Gasteiger partial charge is 0.228 e. The Kier molecular flexibility index (Phi) is 4.82. The van der Waals surface area contributed by atoms with Crippen molar-refractivity contribution in [1.82, 2.24) is 15.1 Å². The van der Waals surface area contributed by atoms with Gasteiger partial charge in [0.1, 0.15) is 0 Å². The van der Waals surface area contributed by atoms with Gasteiger partial charge in [-0.2, -0.15) is 0 Å². The Morgan fingerprint density at radius 1 is 1.23 bits per heavy atom. The highest BCUT2D eigenvalue weighted by Gasteiger charge is 2.48. The molecular formula is C16H29N3O3. The fourth-order valence-corrected chi connectivity index (χ4v) is 3.41. The van der Waals surface area contributed by atoms with Crippen molar-refractivity contribution in [3.05, 3.63) is 0 Å². The van der Waals surface area contributed by atoms with Gasteiger partial charge in [0.15, 0.2) is 0 Å². The summed E-state index contributed by atoms with van der Waals surface area (Å²) in [6, 6.07) is -0.249. The second-order valence-corrected chi connectivity index (χ2v) is 7.57. The Morgan fingerprint density at radius 3 is 2.18 bits per heavy atom. The Hall–Kier alpha value is -1.14. The van der Waals surface area contributed by atoms with Gasteiger partial charge in [-0.05, 0) is 27.7 Å². The van der Waals surface area contributed by atoms with E-state index in [1.54, 1.807) is 6.92 Å². The van der Waals surface area contributed by atoms with Crippen LogP contribution in [0.4, 0.5) is 0 Å². The number of hydrogen-bond donors (Lipinski definition) is 2. The lowest BCUT2D eigenvalue weighted by molar-refractivity contribution is -0.149.